The summed E-state index contributed by atoms with van der Waals surface area (Å²) in [6, 6.07) is 17.2. The maximum Gasteiger partial charge on any atom is 0.251 e. The predicted octanol–water partition coefficient (Wildman–Crippen LogP) is 3.94. The summed E-state index contributed by atoms with van der Waals surface area (Å²) in [5, 5.41) is 3.09. The first-order valence-electron chi connectivity index (χ1n) is 9.09. The molecule has 1 aliphatic rings. The zero-order valence-electron chi connectivity index (χ0n) is 15.4. The van der Waals surface area contributed by atoms with Crippen LogP contribution in [0, 0.1) is 0 Å². The third-order valence-corrected chi connectivity index (χ3v) is 6.89. The zero-order chi connectivity index (χ0) is 20.5. The first-order chi connectivity index (χ1) is 13.9. The molecule has 0 radical (unpaired) electrons. The van der Waals surface area contributed by atoms with E-state index in [1.807, 2.05) is 24.3 Å². The van der Waals surface area contributed by atoms with Crippen molar-refractivity contribution < 1.29 is 17.6 Å². The van der Waals surface area contributed by atoms with Crippen LogP contribution in [-0.4, -0.2) is 14.3 Å². The smallest absolute Gasteiger partial charge is 0.251 e. The van der Waals surface area contributed by atoms with E-state index in [9.17, 15) is 13.2 Å². The van der Waals surface area contributed by atoms with Gasteiger partial charge in [-0.3, -0.25) is 4.79 Å². The molecule has 2 aromatic carbocycles. The second-order valence-corrected chi connectivity index (χ2v) is 9.65. The lowest BCUT2D eigenvalue weighted by molar-refractivity contribution is 0.0930. The Balaban J connectivity index is 1.43. The summed E-state index contributed by atoms with van der Waals surface area (Å²) in [5.41, 5.74) is 1.14. The van der Waals surface area contributed by atoms with Crippen LogP contribution in [0.3, 0.4) is 0 Å². The third-order valence-electron chi connectivity index (χ3n) is 4.94. The van der Waals surface area contributed by atoms with E-state index in [4.69, 9.17) is 4.42 Å². The summed E-state index contributed by atoms with van der Waals surface area (Å²) in [6.45, 7) is 0.0628. The molecule has 1 aliphatic carbocycles. The highest BCUT2D eigenvalue weighted by Crippen LogP contribution is 2.45. The van der Waals surface area contributed by atoms with Crippen molar-refractivity contribution in [2.45, 2.75) is 29.8 Å². The Labute approximate surface area is 177 Å². The summed E-state index contributed by atoms with van der Waals surface area (Å²) < 4.78 is 33.4. The van der Waals surface area contributed by atoms with Crippen LogP contribution < -0.4 is 10.0 Å². The van der Waals surface area contributed by atoms with E-state index in [2.05, 4.69) is 26.0 Å². The number of rotatable bonds is 7. The fraction of sp³-hybridized carbons (Fsp3) is 0.190. The number of sulfonamides is 1. The number of hydrogen-bond acceptors (Lipinski definition) is 4. The van der Waals surface area contributed by atoms with Gasteiger partial charge in [0.1, 0.15) is 5.76 Å². The van der Waals surface area contributed by atoms with E-state index < -0.39 is 10.0 Å². The van der Waals surface area contributed by atoms with Crippen molar-refractivity contribution in [3.63, 3.8) is 0 Å². The molecule has 6 nitrogen and oxygen atoms in total. The van der Waals surface area contributed by atoms with Crippen molar-refractivity contribution in [3.05, 3.63) is 88.3 Å². The fourth-order valence-corrected chi connectivity index (χ4v) is 4.38. The van der Waals surface area contributed by atoms with Gasteiger partial charge in [-0.15, -0.1) is 0 Å². The molecule has 8 heteroatoms. The van der Waals surface area contributed by atoms with Crippen LogP contribution in [0.4, 0.5) is 0 Å². The van der Waals surface area contributed by atoms with Crippen LogP contribution in [0.15, 0.2) is 80.7 Å². The van der Waals surface area contributed by atoms with Crippen molar-refractivity contribution in [2.75, 3.05) is 0 Å². The number of amides is 1. The summed E-state index contributed by atoms with van der Waals surface area (Å²) in [7, 11) is -3.69. The molecule has 4 rings (SSSR count). The highest BCUT2D eigenvalue weighted by molar-refractivity contribution is 9.10. The van der Waals surface area contributed by atoms with Gasteiger partial charge < -0.3 is 9.73 Å². The number of furan rings is 1. The Morgan fingerprint density at radius 1 is 1.03 bits per heavy atom. The predicted molar refractivity (Wildman–Crippen MR) is 112 cm³/mol. The third kappa shape index (κ3) is 4.44. The Morgan fingerprint density at radius 3 is 2.31 bits per heavy atom. The average Bonchev–Trinajstić information content (AvgIpc) is 3.30. The molecule has 1 amide bonds. The molecular formula is C21H19BrN2O4S. The van der Waals surface area contributed by atoms with Gasteiger partial charge in [0.2, 0.25) is 10.0 Å². The highest BCUT2D eigenvalue weighted by atomic mass is 79.9. The van der Waals surface area contributed by atoms with Crippen LogP contribution in [0.1, 0.15) is 34.5 Å². The average molecular weight is 475 g/mol. The van der Waals surface area contributed by atoms with Gasteiger partial charge in [0.05, 0.1) is 23.2 Å². The fourth-order valence-electron chi connectivity index (χ4n) is 3.12. The number of halogens is 1. The largest absolute Gasteiger partial charge is 0.468 e. The van der Waals surface area contributed by atoms with Gasteiger partial charge in [0, 0.05) is 10.0 Å². The molecule has 1 saturated carbocycles. The molecule has 1 aromatic heterocycles. The lowest BCUT2D eigenvalue weighted by Crippen LogP contribution is -2.34. The van der Waals surface area contributed by atoms with Crippen molar-refractivity contribution in [3.8, 4) is 0 Å². The second-order valence-electron chi connectivity index (χ2n) is 6.97. The quantitative estimate of drug-likeness (QED) is 0.542. The van der Waals surface area contributed by atoms with Crippen LogP contribution in [-0.2, 0) is 22.1 Å². The molecule has 150 valence electrons. The maximum atomic E-state index is 12.7. The Kier molecular flexibility index (Phi) is 5.33. The summed E-state index contributed by atoms with van der Waals surface area (Å²) in [4.78, 5) is 12.8. The topological polar surface area (TPSA) is 88.4 Å². The standard InChI is InChI=1S/C21H19BrN2O4S/c22-17-7-5-16(6-8-17)21(11-12-21)24-20(25)15-3-9-19(10-4-15)29(26,27)23-14-18-2-1-13-28-18/h1-10,13,23H,11-12,14H2,(H,24,25). The normalized spacial score (nSPS) is 15.1. The Bertz CT molecular complexity index is 1100. The summed E-state index contributed by atoms with van der Waals surface area (Å²) in [6.07, 6.45) is 3.24. The van der Waals surface area contributed by atoms with E-state index in [1.165, 1.54) is 30.5 Å². The monoisotopic (exact) mass is 474 g/mol. The Morgan fingerprint density at radius 2 is 1.72 bits per heavy atom. The van der Waals surface area contributed by atoms with Crippen LogP contribution in [0.5, 0.6) is 0 Å². The molecule has 0 aliphatic heterocycles. The maximum absolute atomic E-state index is 12.7. The minimum Gasteiger partial charge on any atom is -0.468 e. The molecule has 3 aromatic rings. The molecule has 2 N–H and O–H groups in total. The zero-order valence-corrected chi connectivity index (χ0v) is 17.8. The van der Waals surface area contributed by atoms with Gasteiger partial charge in [-0.2, -0.15) is 0 Å². The van der Waals surface area contributed by atoms with Gasteiger partial charge in [0.25, 0.3) is 5.91 Å². The van der Waals surface area contributed by atoms with E-state index in [0.717, 1.165) is 22.9 Å². The summed E-state index contributed by atoms with van der Waals surface area (Å²) in [5.74, 6) is 0.296. The number of hydrogen-bond donors (Lipinski definition) is 2. The van der Waals surface area contributed by atoms with Gasteiger partial charge in [-0.05, 0) is 66.9 Å². The molecule has 0 saturated heterocycles. The molecule has 1 heterocycles. The molecule has 0 unspecified atom stereocenters. The van der Waals surface area contributed by atoms with Crippen molar-refractivity contribution in [1.29, 1.82) is 0 Å². The van der Waals surface area contributed by atoms with Crippen LogP contribution >= 0.6 is 15.9 Å². The number of nitrogens with one attached hydrogen (secondary N) is 2. The first kappa shape index (κ1) is 19.9. The molecule has 0 atom stereocenters. The van der Waals surface area contributed by atoms with E-state index in [-0.39, 0.29) is 22.9 Å². The van der Waals surface area contributed by atoms with Crippen LogP contribution in [0.25, 0.3) is 0 Å². The highest BCUT2D eigenvalue weighted by Gasteiger charge is 2.45. The van der Waals surface area contributed by atoms with Gasteiger partial charge in [0.15, 0.2) is 0 Å². The summed E-state index contributed by atoms with van der Waals surface area (Å²) >= 11 is 3.42. The van der Waals surface area contributed by atoms with Crippen molar-refractivity contribution in [2.24, 2.45) is 0 Å². The van der Waals surface area contributed by atoms with Gasteiger partial charge in [-0.25, -0.2) is 13.1 Å². The van der Waals surface area contributed by atoms with Crippen molar-refractivity contribution >= 4 is 31.9 Å². The van der Waals surface area contributed by atoms with E-state index in [1.54, 1.807) is 12.1 Å². The molecular weight excluding hydrogens is 456 g/mol. The first-order valence-corrected chi connectivity index (χ1v) is 11.4. The van der Waals surface area contributed by atoms with Gasteiger partial charge in [-0.1, -0.05) is 28.1 Å². The lowest BCUT2D eigenvalue weighted by atomic mass is 10.0. The Hall–Kier alpha value is -2.42. The molecule has 1 fully saturated rings. The minimum absolute atomic E-state index is 0.0628. The molecule has 0 bridgehead atoms. The van der Waals surface area contributed by atoms with E-state index in [0.29, 0.717) is 11.3 Å². The number of benzene rings is 2. The van der Waals surface area contributed by atoms with Gasteiger partial charge >= 0.3 is 0 Å². The molecule has 0 spiro atoms. The SMILES string of the molecule is O=C(NC1(c2ccc(Br)cc2)CC1)c1ccc(S(=O)(=O)NCc2ccco2)cc1. The second kappa shape index (κ2) is 7.78. The lowest BCUT2D eigenvalue weighted by Gasteiger charge is -2.18. The van der Waals surface area contributed by atoms with Crippen molar-refractivity contribution in [1.82, 2.24) is 10.0 Å². The number of carbonyl (C=O) groups is 1. The number of carbonyl (C=O) groups excluding carboxylic acids is 1. The molecule has 29 heavy (non-hydrogen) atoms. The van der Waals surface area contributed by atoms with E-state index >= 15 is 0 Å². The minimum atomic E-state index is -3.69. The van der Waals surface area contributed by atoms with Crippen LogP contribution in [0.2, 0.25) is 0 Å².